The molecular weight excluding hydrogens is 304 g/mol. The summed E-state index contributed by atoms with van der Waals surface area (Å²) in [7, 11) is 0. The number of hydrogen-bond donors (Lipinski definition) is 2. The molecule has 0 amide bonds. The van der Waals surface area contributed by atoms with Gasteiger partial charge < -0.3 is 15.8 Å². The summed E-state index contributed by atoms with van der Waals surface area (Å²) in [4.78, 5) is 4.49. The lowest BCUT2D eigenvalue weighted by Gasteiger charge is -2.06. The monoisotopic (exact) mass is 326 g/mol. The van der Waals surface area contributed by atoms with Gasteiger partial charge in [0.15, 0.2) is 0 Å². The van der Waals surface area contributed by atoms with Gasteiger partial charge in [-0.25, -0.2) is 4.98 Å². The van der Waals surface area contributed by atoms with Crippen LogP contribution in [0.2, 0.25) is 0 Å². The fraction of sp³-hybridized carbons (Fsp3) is 0.571. The molecule has 0 radical (unpaired) electrons. The predicted octanol–water partition coefficient (Wildman–Crippen LogP) is 3.78. The molecule has 116 valence electrons. The van der Waals surface area contributed by atoms with E-state index in [-0.39, 0.29) is 0 Å². The first-order chi connectivity index (χ1) is 10.2. The van der Waals surface area contributed by atoms with Crippen LogP contribution in [0.1, 0.15) is 31.2 Å². The van der Waals surface area contributed by atoms with E-state index in [2.05, 4.69) is 21.6 Å². The van der Waals surface area contributed by atoms with Crippen LogP contribution >= 0.6 is 22.9 Å². The minimum atomic E-state index is 0.548. The minimum absolute atomic E-state index is 0.548. The van der Waals surface area contributed by atoms with E-state index in [0.29, 0.717) is 5.82 Å². The molecule has 2 aromatic heterocycles. The quantitative estimate of drug-likeness (QED) is 0.686. The molecule has 0 aliphatic carbocycles. The maximum Gasteiger partial charge on any atom is 0.148 e. The number of thiazole rings is 1. The predicted molar refractivity (Wildman–Crippen MR) is 91.2 cm³/mol. The Labute approximate surface area is 133 Å². The molecule has 7 heteroatoms. The number of nitrogen functional groups attached to an aromatic ring is 1. The second-order valence-corrected chi connectivity index (χ2v) is 6.61. The summed E-state index contributed by atoms with van der Waals surface area (Å²) in [5.41, 5.74) is 7.80. The van der Waals surface area contributed by atoms with Crippen LogP contribution in [0.4, 0.5) is 10.8 Å². The summed E-state index contributed by atoms with van der Waals surface area (Å²) in [6, 6.07) is 0. The molecule has 21 heavy (non-hydrogen) atoms. The van der Waals surface area contributed by atoms with Gasteiger partial charge >= 0.3 is 0 Å². The average molecular weight is 326 g/mol. The van der Waals surface area contributed by atoms with Crippen molar-refractivity contribution in [3.05, 3.63) is 10.4 Å². The third kappa shape index (κ3) is 4.66. The molecule has 0 bridgehead atoms. The zero-order valence-corrected chi connectivity index (χ0v) is 14.1. The second kappa shape index (κ2) is 8.31. The van der Waals surface area contributed by atoms with Gasteiger partial charge in [-0.05, 0) is 31.3 Å². The molecular formula is C14H22N4OS2. The van der Waals surface area contributed by atoms with E-state index in [1.165, 1.54) is 18.0 Å². The van der Waals surface area contributed by atoms with Crippen LogP contribution in [-0.2, 0) is 4.74 Å². The Morgan fingerprint density at radius 2 is 2.14 bits per heavy atom. The molecule has 2 aromatic rings. The highest BCUT2D eigenvalue weighted by Gasteiger charge is 2.15. The third-order valence-corrected chi connectivity index (χ3v) is 4.58. The Balaban J connectivity index is 1.84. The lowest BCUT2D eigenvalue weighted by molar-refractivity contribution is 0.131. The number of hydrogen-bond acceptors (Lipinski definition) is 7. The molecule has 0 aromatic carbocycles. The fourth-order valence-electron chi connectivity index (χ4n) is 1.87. The maximum absolute atomic E-state index is 5.97. The van der Waals surface area contributed by atoms with Crippen molar-refractivity contribution in [1.82, 2.24) is 9.36 Å². The highest BCUT2D eigenvalue weighted by molar-refractivity contribution is 7.11. The molecule has 0 saturated heterocycles. The van der Waals surface area contributed by atoms with Crippen molar-refractivity contribution in [2.75, 3.05) is 30.8 Å². The van der Waals surface area contributed by atoms with Crippen LogP contribution in [0.15, 0.2) is 5.38 Å². The second-order valence-electron chi connectivity index (χ2n) is 4.77. The van der Waals surface area contributed by atoms with Gasteiger partial charge in [0, 0.05) is 25.1 Å². The minimum Gasteiger partial charge on any atom is -0.382 e. The van der Waals surface area contributed by atoms with Crippen LogP contribution in [0, 0.1) is 6.92 Å². The van der Waals surface area contributed by atoms with Crippen molar-refractivity contribution < 1.29 is 4.74 Å². The standard InChI is InChI=1S/C14H22N4OS2/c1-3-4-7-19-8-5-6-16-14-12(13(15)18-21-14)11-9-20-10(2)17-11/h9,16H,3-8H2,1-2H3,(H2,15,18). The summed E-state index contributed by atoms with van der Waals surface area (Å²) in [6.45, 7) is 6.65. The summed E-state index contributed by atoms with van der Waals surface area (Å²) in [5.74, 6) is 0.548. The van der Waals surface area contributed by atoms with Crippen molar-refractivity contribution in [2.24, 2.45) is 0 Å². The largest absolute Gasteiger partial charge is 0.382 e. The van der Waals surface area contributed by atoms with Gasteiger partial charge in [-0.3, -0.25) is 0 Å². The molecule has 0 unspecified atom stereocenters. The van der Waals surface area contributed by atoms with Gasteiger partial charge in [0.1, 0.15) is 10.8 Å². The lowest BCUT2D eigenvalue weighted by Crippen LogP contribution is -2.06. The molecule has 0 saturated carbocycles. The van der Waals surface area contributed by atoms with Gasteiger partial charge in [0.2, 0.25) is 0 Å². The summed E-state index contributed by atoms with van der Waals surface area (Å²) in [6.07, 6.45) is 3.28. The molecule has 3 N–H and O–H groups in total. The number of rotatable bonds is 9. The van der Waals surface area contributed by atoms with Crippen LogP contribution < -0.4 is 11.1 Å². The number of aromatic nitrogens is 2. The summed E-state index contributed by atoms with van der Waals surface area (Å²) in [5, 5.41) is 7.44. The zero-order chi connectivity index (χ0) is 15.1. The number of nitrogens with zero attached hydrogens (tertiary/aromatic N) is 2. The van der Waals surface area contributed by atoms with Crippen molar-refractivity contribution in [3.8, 4) is 11.3 Å². The fourth-order valence-corrected chi connectivity index (χ4v) is 3.23. The summed E-state index contributed by atoms with van der Waals surface area (Å²) < 4.78 is 9.78. The van der Waals surface area contributed by atoms with E-state index in [0.717, 1.165) is 53.9 Å². The normalized spacial score (nSPS) is 11.0. The van der Waals surface area contributed by atoms with E-state index in [1.807, 2.05) is 12.3 Å². The molecule has 0 aliphatic rings. The molecule has 2 heterocycles. The number of anilines is 2. The van der Waals surface area contributed by atoms with Crippen molar-refractivity contribution in [2.45, 2.75) is 33.1 Å². The van der Waals surface area contributed by atoms with Gasteiger partial charge in [-0.15, -0.1) is 11.3 Å². The molecule has 0 fully saturated rings. The Hall–Kier alpha value is -1.18. The first kappa shape index (κ1) is 16.2. The Kier molecular flexibility index (Phi) is 6.41. The SMILES string of the molecule is CCCCOCCCNc1snc(N)c1-c1csc(C)n1. The Morgan fingerprint density at radius 1 is 1.33 bits per heavy atom. The molecule has 0 aliphatic heterocycles. The highest BCUT2D eigenvalue weighted by atomic mass is 32.1. The zero-order valence-electron chi connectivity index (χ0n) is 12.5. The molecule has 2 rings (SSSR count). The van der Waals surface area contributed by atoms with Gasteiger partial charge in [0.05, 0.1) is 16.3 Å². The van der Waals surface area contributed by atoms with Crippen molar-refractivity contribution in [3.63, 3.8) is 0 Å². The Bertz CT molecular complexity index is 553. The van der Waals surface area contributed by atoms with Gasteiger partial charge in [0.25, 0.3) is 0 Å². The van der Waals surface area contributed by atoms with E-state index in [4.69, 9.17) is 10.5 Å². The smallest absolute Gasteiger partial charge is 0.148 e. The average Bonchev–Trinajstić information content (AvgIpc) is 3.04. The summed E-state index contributed by atoms with van der Waals surface area (Å²) >= 11 is 3.01. The topological polar surface area (TPSA) is 73.1 Å². The van der Waals surface area contributed by atoms with Gasteiger partial charge in [-0.2, -0.15) is 4.37 Å². The van der Waals surface area contributed by atoms with E-state index < -0.39 is 0 Å². The van der Waals surface area contributed by atoms with Crippen LogP contribution in [-0.4, -0.2) is 29.1 Å². The number of nitrogens with two attached hydrogens (primary N) is 1. The number of unbranched alkanes of at least 4 members (excludes halogenated alkanes) is 1. The Morgan fingerprint density at radius 3 is 2.86 bits per heavy atom. The number of nitrogens with one attached hydrogen (secondary N) is 1. The first-order valence-electron chi connectivity index (χ1n) is 7.21. The van der Waals surface area contributed by atoms with Crippen molar-refractivity contribution in [1.29, 1.82) is 0 Å². The van der Waals surface area contributed by atoms with Crippen molar-refractivity contribution >= 4 is 33.7 Å². The number of aryl methyl sites for hydroxylation is 1. The maximum atomic E-state index is 5.97. The highest BCUT2D eigenvalue weighted by Crippen LogP contribution is 2.36. The molecule has 0 atom stereocenters. The first-order valence-corrected chi connectivity index (χ1v) is 8.87. The van der Waals surface area contributed by atoms with Crippen LogP contribution in [0.5, 0.6) is 0 Å². The van der Waals surface area contributed by atoms with Gasteiger partial charge in [-0.1, -0.05) is 13.3 Å². The third-order valence-electron chi connectivity index (χ3n) is 2.99. The molecule has 5 nitrogen and oxygen atoms in total. The number of ether oxygens (including phenoxy) is 1. The van der Waals surface area contributed by atoms with Crippen LogP contribution in [0.3, 0.4) is 0 Å². The van der Waals surface area contributed by atoms with E-state index in [9.17, 15) is 0 Å². The molecule has 0 spiro atoms. The van der Waals surface area contributed by atoms with E-state index >= 15 is 0 Å². The lowest BCUT2D eigenvalue weighted by atomic mass is 10.2. The van der Waals surface area contributed by atoms with Crippen LogP contribution in [0.25, 0.3) is 11.3 Å². The van der Waals surface area contributed by atoms with E-state index in [1.54, 1.807) is 11.3 Å².